The quantitative estimate of drug-likeness (QED) is 0.239. The lowest BCUT2D eigenvalue weighted by Crippen LogP contribution is -2.36. The summed E-state index contributed by atoms with van der Waals surface area (Å²) in [6.07, 6.45) is -2.64. The van der Waals surface area contributed by atoms with Gasteiger partial charge >= 0.3 is 6.18 Å². The Bertz CT molecular complexity index is 754. The number of guanidine groups is 1. The second-order valence-electron chi connectivity index (χ2n) is 5.82. The number of benzene rings is 1. The number of pyridine rings is 1. The fraction of sp³-hybridized carbons (Fsp3) is 0.368. The van der Waals surface area contributed by atoms with E-state index in [1.165, 1.54) is 12.1 Å². The predicted octanol–water partition coefficient (Wildman–Crippen LogP) is 3.61. The third-order valence-electron chi connectivity index (χ3n) is 3.76. The molecule has 0 aliphatic heterocycles. The van der Waals surface area contributed by atoms with Crippen molar-refractivity contribution in [3.8, 4) is 5.88 Å². The summed E-state index contributed by atoms with van der Waals surface area (Å²) in [6, 6.07) is 8.66. The lowest BCUT2D eigenvalue weighted by molar-refractivity contribution is -0.137. The topological polar surface area (TPSA) is 67.8 Å². The van der Waals surface area contributed by atoms with E-state index >= 15 is 0 Å². The van der Waals surface area contributed by atoms with E-state index in [1.54, 1.807) is 26.4 Å². The van der Waals surface area contributed by atoms with E-state index < -0.39 is 11.7 Å². The van der Waals surface area contributed by atoms with Gasteiger partial charge in [-0.3, -0.25) is 4.99 Å². The first-order chi connectivity index (χ1) is 13.4. The molecule has 6 nitrogen and oxygen atoms in total. The molecule has 2 N–H and O–H groups in total. The fourth-order valence-corrected chi connectivity index (χ4v) is 2.23. The van der Waals surface area contributed by atoms with Crippen LogP contribution >= 0.6 is 24.0 Å². The summed E-state index contributed by atoms with van der Waals surface area (Å²) in [4.78, 5) is 8.30. The number of rotatable bonds is 8. The first kappa shape index (κ1) is 25.0. The maximum absolute atomic E-state index is 12.6. The summed E-state index contributed by atoms with van der Waals surface area (Å²) >= 11 is 0. The highest BCUT2D eigenvalue weighted by Gasteiger charge is 2.29. The maximum atomic E-state index is 12.6. The van der Waals surface area contributed by atoms with Crippen LogP contribution in [0.15, 0.2) is 47.6 Å². The zero-order valence-corrected chi connectivity index (χ0v) is 18.5. The van der Waals surface area contributed by atoms with Crippen molar-refractivity contribution >= 4 is 29.9 Å². The summed E-state index contributed by atoms with van der Waals surface area (Å²) < 4.78 is 48.1. The third kappa shape index (κ3) is 8.86. The monoisotopic (exact) mass is 524 g/mol. The fourth-order valence-electron chi connectivity index (χ4n) is 2.23. The molecule has 0 spiro atoms. The van der Waals surface area contributed by atoms with E-state index in [2.05, 4.69) is 20.6 Å². The largest absolute Gasteiger partial charge is 0.475 e. The number of aromatic nitrogens is 1. The van der Waals surface area contributed by atoms with Crippen molar-refractivity contribution in [2.24, 2.45) is 4.99 Å². The molecule has 0 saturated carbocycles. The molecule has 0 aliphatic rings. The van der Waals surface area contributed by atoms with Crippen LogP contribution in [0.5, 0.6) is 5.88 Å². The van der Waals surface area contributed by atoms with Gasteiger partial charge in [-0.1, -0.05) is 18.2 Å². The van der Waals surface area contributed by atoms with Crippen LogP contribution in [-0.4, -0.2) is 38.3 Å². The molecular weight excluding hydrogens is 500 g/mol. The minimum absolute atomic E-state index is 0. The Morgan fingerprint density at radius 3 is 2.14 bits per heavy atom. The molecule has 1 heterocycles. The summed E-state index contributed by atoms with van der Waals surface area (Å²) in [6.45, 7) is 1.76. The highest BCUT2D eigenvalue weighted by Crippen LogP contribution is 2.29. The molecule has 0 atom stereocenters. The highest BCUT2D eigenvalue weighted by atomic mass is 127. The summed E-state index contributed by atoms with van der Waals surface area (Å²) in [7, 11) is 3.22. The standard InChI is InChI=1S/C19H23F3N4O2.HI/c1-23-18(25-11-14-3-6-16(7-4-14)19(20,21)22)26-13-15-5-8-17(24-12-15)28-10-9-27-2;/h3-8,12H,9-11,13H2,1-2H3,(H2,23,25,26);1H. The van der Waals surface area contributed by atoms with Crippen molar-refractivity contribution < 1.29 is 22.6 Å². The van der Waals surface area contributed by atoms with Gasteiger partial charge in [0.05, 0.1) is 12.2 Å². The van der Waals surface area contributed by atoms with E-state index in [-0.39, 0.29) is 24.0 Å². The maximum Gasteiger partial charge on any atom is 0.416 e. The molecule has 0 radical (unpaired) electrons. The van der Waals surface area contributed by atoms with Crippen molar-refractivity contribution in [1.82, 2.24) is 15.6 Å². The van der Waals surface area contributed by atoms with Crippen molar-refractivity contribution in [3.63, 3.8) is 0 Å². The molecule has 1 aromatic heterocycles. The van der Waals surface area contributed by atoms with Gasteiger partial charge in [0.2, 0.25) is 5.88 Å². The number of nitrogens with one attached hydrogen (secondary N) is 2. The lowest BCUT2D eigenvalue weighted by Gasteiger charge is -2.13. The first-order valence-corrected chi connectivity index (χ1v) is 8.59. The number of alkyl halides is 3. The summed E-state index contributed by atoms with van der Waals surface area (Å²) in [5.74, 6) is 1.05. The van der Waals surface area contributed by atoms with Gasteiger partial charge in [0.15, 0.2) is 5.96 Å². The first-order valence-electron chi connectivity index (χ1n) is 8.59. The van der Waals surface area contributed by atoms with E-state index in [0.717, 1.165) is 23.3 Å². The molecule has 0 saturated heterocycles. The highest BCUT2D eigenvalue weighted by molar-refractivity contribution is 14.0. The Morgan fingerprint density at radius 2 is 1.62 bits per heavy atom. The van der Waals surface area contributed by atoms with Gasteiger partial charge in [0.1, 0.15) is 6.61 Å². The van der Waals surface area contributed by atoms with Gasteiger partial charge in [-0.2, -0.15) is 13.2 Å². The van der Waals surface area contributed by atoms with Gasteiger partial charge in [0, 0.05) is 39.5 Å². The summed E-state index contributed by atoms with van der Waals surface area (Å²) in [5, 5.41) is 6.18. The molecule has 0 unspecified atom stereocenters. The zero-order valence-electron chi connectivity index (χ0n) is 16.1. The minimum atomic E-state index is -4.33. The van der Waals surface area contributed by atoms with Gasteiger partial charge in [0.25, 0.3) is 0 Å². The molecule has 29 heavy (non-hydrogen) atoms. The smallest absolute Gasteiger partial charge is 0.416 e. The van der Waals surface area contributed by atoms with E-state index in [4.69, 9.17) is 9.47 Å². The molecular formula is C19H24F3IN4O2. The van der Waals surface area contributed by atoms with Crippen molar-refractivity contribution in [3.05, 3.63) is 59.3 Å². The van der Waals surface area contributed by atoms with Crippen LogP contribution < -0.4 is 15.4 Å². The van der Waals surface area contributed by atoms with Crippen LogP contribution in [0.25, 0.3) is 0 Å². The Balaban J connectivity index is 0.00000420. The van der Waals surface area contributed by atoms with Crippen LogP contribution in [0.1, 0.15) is 16.7 Å². The van der Waals surface area contributed by atoms with Gasteiger partial charge in [-0.25, -0.2) is 4.98 Å². The summed E-state index contributed by atoms with van der Waals surface area (Å²) in [5.41, 5.74) is 0.979. The second kappa shape index (κ2) is 12.5. The Morgan fingerprint density at radius 1 is 1.00 bits per heavy atom. The van der Waals surface area contributed by atoms with E-state index in [0.29, 0.717) is 38.1 Å². The molecule has 0 fully saturated rings. The van der Waals surface area contributed by atoms with Crippen LogP contribution in [0.4, 0.5) is 13.2 Å². The van der Waals surface area contributed by atoms with Gasteiger partial charge < -0.3 is 20.1 Å². The predicted molar refractivity (Wildman–Crippen MR) is 116 cm³/mol. The van der Waals surface area contributed by atoms with Crippen LogP contribution in [0.2, 0.25) is 0 Å². The zero-order chi connectivity index (χ0) is 20.4. The number of aliphatic imine (C=N–C) groups is 1. The van der Waals surface area contributed by atoms with Crippen LogP contribution in [-0.2, 0) is 24.0 Å². The van der Waals surface area contributed by atoms with Crippen molar-refractivity contribution in [2.75, 3.05) is 27.4 Å². The number of ether oxygens (including phenoxy) is 2. The third-order valence-corrected chi connectivity index (χ3v) is 3.76. The number of nitrogens with zero attached hydrogens (tertiary/aromatic N) is 2. The van der Waals surface area contributed by atoms with Crippen molar-refractivity contribution in [1.29, 1.82) is 0 Å². The van der Waals surface area contributed by atoms with Gasteiger partial charge in [-0.05, 0) is 23.3 Å². The average Bonchev–Trinajstić information content (AvgIpc) is 2.69. The Hall–Kier alpha value is -2.08. The Labute approximate surface area is 184 Å². The molecule has 160 valence electrons. The number of methoxy groups -OCH3 is 1. The number of hydrogen-bond donors (Lipinski definition) is 2. The SMILES string of the molecule is CN=C(NCc1ccc(C(F)(F)F)cc1)NCc1ccc(OCCOC)nc1.I. The molecule has 1 aromatic carbocycles. The molecule has 10 heteroatoms. The molecule has 0 aliphatic carbocycles. The Kier molecular flexibility index (Phi) is 10.7. The van der Waals surface area contributed by atoms with E-state index in [9.17, 15) is 13.2 Å². The second-order valence-corrected chi connectivity index (χ2v) is 5.82. The lowest BCUT2D eigenvalue weighted by atomic mass is 10.1. The number of hydrogen-bond acceptors (Lipinski definition) is 4. The van der Waals surface area contributed by atoms with Gasteiger partial charge in [-0.15, -0.1) is 24.0 Å². The molecule has 2 rings (SSSR count). The average molecular weight is 524 g/mol. The molecule has 0 amide bonds. The molecule has 0 bridgehead atoms. The van der Waals surface area contributed by atoms with Crippen molar-refractivity contribution in [2.45, 2.75) is 19.3 Å². The van der Waals surface area contributed by atoms with Crippen LogP contribution in [0.3, 0.4) is 0 Å². The van der Waals surface area contributed by atoms with E-state index in [1.807, 2.05) is 6.07 Å². The molecule has 2 aromatic rings. The van der Waals surface area contributed by atoms with Crippen LogP contribution in [0, 0.1) is 0 Å². The normalized spacial score (nSPS) is 11.6. The minimum Gasteiger partial charge on any atom is -0.475 e. The number of halogens is 4.